The van der Waals surface area contributed by atoms with Crippen molar-refractivity contribution in [3.63, 3.8) is 0 Å². The van der Waals surface area contributed by atoms with Gasteiger partial charge in [-0.3, -0.25) is 14.4 Å². The summed E-state index contributed by atoms with van der Waals surface area (Å²) in [5.74, 6) is -1.69. The van der Waals surface area contributed by atoms with E-state index < -0.39 is 5.97 Å². The number of ether oxygens (including phenoxy) is 1. The zero-order valence-corrected chi connectivity index (χ0v) is 16.3. The lowest BCUT2D eigenvalue weighted by atomic mass is 9.88. The number of hydrogen-bond donors (Lipinski definition) is 1. The molecule has 28 heavy (non-hydrogen) atoms. The predicted molar refractivity (Wildman–Crippen MR) is 102 cm³/mol. The largest absolute Gasteiger partial charge is 0.481 e. The van der Waals surface area contributed by atoms with E-state index in [0.717, 1.165) is 18.4 Å². The van der Waals surface area contributed by atoms with E-state index in [1.807, 2.05) is 30.3 Å². The van der Waals surface area contributed by atoms with Gasteiger partial charge in [0.2, 0.25) is 11.8 Å². The highest BCUT2D eigenvalue weighted by Crippen LogP contribution is 2.34. The Labute approximate surface area is 165 Å². The maximum absolute atomic E-state index is 13.0. The van der Waals surface area contributed by atoms with Gasteiger partial charge < -0.3 is 19.6 Å². The highest BCUT2D eigenvalue weighted by Gasteiger charge is 2.36. The highest BCUT2D eigenvalue weighted by atomic mass is 16.5. The Bertz CT molecular complexity index is 700. The number of benzene rings is 1. The summed E-state index contributed by atoms with van der Waals surface area (Å²) in [4.78, 5) is 39.8. The van der Waals surface area contributed by atoms with Crippen molar-refractivity contribution in [1.82, 2.24) is 9.80 Å². The van der Waals surface area contributed by atoms with Crippen LogP contribution in [0, 0.1) is 11.8 Å². The predicted octanol–water partition coefficient (Wildman–Crippen LogP) is 1.94. The smallest absolute Gasteiger partial charge is 0.306 e. The van der Waals surface area contributed by atoms with E-state index >= 15 is 0 Å². The van der Waals surface area contributed by atoms with Crippen molar-refractivity contribution < 1.29 is 24.2 Å². The van der Waals surface area contributed by atoms with Crippen LogP contribution in [0.5, 0.6) is 0 Å². The van der Waals surface area contributed by atoms with Crippen LogP contribution in [0.25, 0.3) is 0 Å². The molecular formula is C21H28N2O5. The van der Waals surface area contributed by atoms with Crippen LogP contribution < -0.4 is 0 Å². The Morgan fingerprint density at radius 1 is 1.14 bits per heavy atom. The van der Waals surface area contributed by atoms with Crippen LogP contribution in [0.4, 0.5) is 0 Å². The lowest BCUT2D eigenvalue weighted by Crippen LogP contribution is -2.47. The minimum atomic E-state index is -0.802. The van der Waals surface area contributed by atoms with Crippen LogP contribution in [0.1, 0.15) is 37.4 Å². The Morgan fingerprint density at radius 3 is 2.46 bits per heavy atom. The molecule has 2 amide bonds. The quantitative estimate of drug-likeness (QED) is 0.833. The number of likely N-dealkylation sites (N-methyl/N-ethyl adjacent to an activating group) is 1. The lowest BCUT2D eigenvalue weighted by molar-refractivity contribution is -0.150. The number of hydrogen-bond acceptors (Lipinski definition) is 4. The summed E-state index contributed by atoms with van der Waals surface area (Å²) in [6, 6.07) is 9.73. The Morgan fingerprint density at radius 2 is 1.82 bits per heavy atom. The van der Waals surface area contributed by atoms with E-state index in [9.17, 15) is 14.4 Å². The molecule has 152 valence electrons. The van der Waals surface area contributed by atoms with Crippen LogP contribution in [-0.2, 0) is 19.1 Å². The molecule has 2 aliphatic rings. The number of aliphatic carboxylic acids is 1. The molecule has 0 bridgehead atoms. The van der Waals surface area contributed by atoms with E-state index in [4.69, 9.17) is 9.84 Å². The number of carboxylic acid groups (broad SMARTS) is 1. The van der Waals surface area contributed by atoms with E-state index in [-0.39, 0.29) is 36.3 Å². The third kappa shape index (κ3) is 4.70. The van der Waals surface area contributed by atoms with Gasteiger partial charge in [-0.15, -0.1) is 0 Å². The Hall–Kier alpha value is -2.41. The first-order valence-electron chi connectivity index (χ1n) is 9.89. The summed E-state index contributed by atoms with van der Waals surface area (Å²) >= 11 is 0. The second kappa shape index (κ2) is 9.19. The fraction of sp³-hybridized carbons (Fsp3) is 0.571. The Kier molecular flexibility index (Phi) is 6.67. The van der Waals surface area contributed by atoms with Gasteiger partial charge in [-0.05, 0) is 31.2 Å². The molecule has 2 atom stereocenters. The van der Waals surface area contributed by atoms with Gasteiger partial charge in [-0.1, -0.05) is 30.3 Å². The first kappa shape index (κ1) is 20.3. The van der Waals surface area contributed by atoms with Gasteiger partial charge in [0.1, 0.15) is 0 Å². The van der Waals surface area contributed by atoms with E-state index in [0.29, 0.717) is 32.5 Å². The minimum Gasteiger partial charge on any atom is -0.481 e. The summed E-state index contributed by atoms with van der Waals surface area (Å²) in [6.07, 6.45) is 2.20. The number of carboxylic acids is 1. The van der Waals surface area contributed by atoms with Crippen molar-refractivity contribution in [3.8, 4) is 0 Å². The van der Waals surface area contributed by atoms with Gasteiger partial charge in [0, 0.05) is 26.7 Å². The number of carbonyl (C=O) groups excluding carboxylic acids is 2. The fourth-order valence-corrected chi connectivity index (χ4v) is 4.05. The molecule has 7 heteroatoms. The molecule has 0 aromatic heterocycles. The van der Waals surface area contributed by atoms with Crippen molar-refractivity contribution in [1.29, 1.82) is 0 Å². The number of piperidine rings is 1. The second-order valence-corrected chi connectivity index (χ2v) is 7.64. The molecule has 1 aromatic carbocycles. The molecule has 7 nitrogen and oxygen atoms in total. The molecular weight excluding hydrogens is 360 g/mol. The molecule has 1 aromatic rings. The van der Waals surface area contributed by atoms with E-state index in [1.165, 1.54) is 4.90 Å². The molecule has 0 spiro atoms. The van der Waals surface area contributed by atoms with Gasteiger partial charge >= 0.3 is 5.97 Å². The normalized spacial score (nSPS) is 23.2. The lowest BCUT2D eigenvalue weighted by Gasteiger charge is -2.35. The first-order valence-corrected chi connectivity index (χ1v) is 9.89. The van der Waals surface area contributed by atoms with Crippen LogP contribution in [0.2, 0.25) is 0 Å². The zero-order chi connectivity index (χ0) is 20.1. The van der Waals surface area contributed by atoms with E-state index in [2.05, 4.69) is 0 Å². The molecule has 2 saturated heterocycles. The first-order chi connectivity index (χ1) is 13.5. The SMILES string of the molecule is CN(CC(=O)N1CCC(C(=O)O)CC1)C(=O)C1CCCOC1c1ccccc1. The summed E-state index contributed by atoms with van der Waals surface area (Å²) < 4.78 is 5.90. The number of rotatable bonds is 5. The van der Waals surface area contributed by atoms with Gasteiger partial charge in [0.25, 0.3) is 0 Å². The maximum Gasteiger partial charge on any atom is 0.306 e. The summed E-state index contributed by atoms with van der Waals surface area (Å²) in [5.41, 5.74) is 0.982. The van der Waals surface area contributed by atoms with Crippen LogP contribution in [-0.4, -0.2) is 66.0 Å². The van der Waals surface area contributed by atoms with Gasteiger partial charge in [-0.2, -0.15) is 0 Å². The number of amides is 2. The van der Waals surface area contributed by atoms with Crippen molar-refractivity contribution in [2.45, 2.75) is 31.8 Å². The molecule has 3 rings (SSSR count). The zero-order valence-electron chi connectivity index (χ0n) is 16.3. The molecule has 2 aliphatic heterocycles. The summed E-state index contributed by atoms with van der Waals surface area (Å²) in [5, 5.41) is 9.08. The van der Waals surface area contributed by atoms with Gasteiger partial charge in [0.05, 0.1) is 24.5 Å². The van der Waals surface area contributed by atoms with Crippen molar-refractivity contribution in [2.24, 2.45) is 11.8 Å². The molecule has 2 unspecified atom stereocenters. The number of nitrogens with zero attached hydrogens (tertiary/aromatic N) is 2. The molecule has 0 saturated carbocycles. The highest BCUT2D eigenvalue weighted by molar-refractivity contribution is 5.86. The Balaban J connectivity index is 1.58. The fourth-order valence-electron chi connectivity index (χ4n) is 4.05. The van der Waals surface area contributed by atoms with Crippen molar-refractivity contribution in [3.05, 3.63) is 35.9 Å². The van der Waals surface area contributed by atoms with Gasteiger partial charge in [0.15, 0.2) is 0 Å². The van der Waals surface area contributed by atoms with Crippen LogP contribution in [0.15, 0.2) is 30.3 Å². The van der Waals surface area contributed by atoms with E-state index in [1.54, 1.807) is 11.9 Å². The monoisotopic (exact) mass is 388 g/mol. The standard InChI is InChI=1S/C21H28N2O5/c1-22(14-18(24)23-11-9-16(10-12-23)21(26)27)20(25)17-8-5-13-28-19(17)15-6-3-2-4-7-15/h2-4,6-7,16-17,19H,5,8-14H2,1H3,(H,26,27). The number of carbonyl (C=O) groups is 3. The summed E-state index contributed by atoms with van der Waals surface area (Å²) in [7, 11) is 1.65. The second-order valence-electron chi connectivity index (χ2n) is 7.64. The maximum atomic E-state index is 13.0. The number of likely N-dealkylation sites (tertiary alicyclic amines) is 1. The van der Waals surface area contributed by atoms with Gasteiger partial charge in [-0.25, -0.2) is 0 Å². The average molecular weight is 388 g/mol. The molecule has 0 radical (unpaired) electrons. The molecule has 2 fully saturated rings. The molecule has 2 heterocycles. The third-order valence-electron chi connectivity index (χ3n) is 5.71. The van der Waals surface area contributed by atoms with Crippen LogP contribution in [0.3, 0.4) is 0 Å². The topological polar surface area (TPSA) is 87.2 Å². The summed E-state index contributed by atoms with van der Waals surface area (Å²) in [6.45, 7) is 1.49. The van der Waals surface area contributed by atoms with Crippen LogP contribution >= 0.6 is 0 Å². The molecule has 1 N–H and O–H groups in total. The molecule has 0 aliphatic carbocycles. The minimum absolute atomic E-state index is 0.00851. The van der Waals surface area contributed by atoms with Crippen molar-refractivity contribution >= 4 is 17.8 Å². The van der Waals surface area contributed by atoms with Crippen molar-refractivity contribution in [2.75, 3.05) is 33.3 Å². The third-order valence-corrected chi connectivity index (χ3v) is 5.71. The average Bonchev–Trinajstić information content (AvgIpc) is 2.73.